The Morgan fingerprint density at radius 2 is 1.97 bits per heavy atom. The van der Waals surface area contributed by atoms with E-state index in [1.54, 1.807) is 11.8 Å². The maximum Gasteiger partial charge on any atom is 0.336 e. The van der Waals surface area contributed by atoms with Gasteiger partial charge in [-0.15, -0.1) is 0 Å². The van der Waals surface area contributed by atoms with Crippen LogP contribution in [0.2, 0.25) is 0 Å². The molecule has 29 heavy (non-hydrogen) atoms. The number of thioether (sulfide) groups is 1. The molecule has 0 radical (unpaired) electrons. The first-order valence-corrected chi connectivity index (χ1v) is 11.4. The molecule has 0 bridgehead atoms. The molecule has 0 unspecified atom stereocenters. The van der Waals surface area contributed by atoms with Crippen molar-refractivity contribution in [1.29, 1.82) is 0 Å². The number of hydrogen-bond donors (Lipinski definition) is 1. The number of hydrogen-bond acceptors (Lipinski definition) is 5. The zero-order valence-electron chi connectivity index (χ0n) is 18.1. The fourth-order valence-corrected chi connectivity index (χ4v) is 4.83. The minimum Gasteiger partial charge on any atom is -0.461 e. The lowest BCUT2D eigenvalue weighted by Gasteiger charge is -2.39. The van der Waals surface area contributed by atoms with E-state index in [-0.39, 0.29) is 23.1 Å². The van der Waals surface area contributed by atoms with Gasteiger partial charge in [0.15, 0.2) is 5.78 Å². The van der Waals surface area contributed by atoms with Crippen LogP contribution in [0.5, 0.6) is 0 Å². The fraction of sp³-hybridized carbons (Fsp3) is 0.500. The molecule has 0 spiro atoms. The Kier molecular flexibility index (Phi) is 6.57. The quantitative estimate of drug-likeness (QED) is 0.531. The molecular weight excluding hydrogens is 382 g/mol. The van der Waals surface area contributed by atoms with Gasteiger partial charge in [0.25, 0.3) is 0 Å². The summed E-state index contributed by atoms with van der Waals surface area (Å²) in [6.45, 7) is 10.6. The van der Waals surface area contributed by atoms with Crippen LogP contribution < -0.4 is 5.32 Å². The summed E-state index contributed by atoms with van der Waals surface area (Å²) in [6, 6.07) is 8.01. The number of ketones is 1. The summed E-state index contributed by atoms with van der Waals surface area (Å²) in [5.74, 6) is 1.19. The van der Waals surface area contributed by atoms with Gasteiger partial charge in [-0.25, -0.2) is 4.79 Å². The van der Waals surface area contributed by atoms with E-state index in [2.05, 4.69) is 26.1 Å². The lowest BCUT2D eigenvalue weighted by Crippen LogP contribution is -2.39. The SMILES string of the molecule is CCSCCOC(=O)C1=C(C)NC2=C(C(=O)CC(C)(C)C2)[C@H]1c1ccccc1C. The highest BCUT2D eigenvalue weighted by Gasteiger charge is 2.43. The monoisotopic (exact) mass is 413 g/mol. The molecule has 1 aliphatic carbocycles. The van der Waals surface area contributed by atoms with Crippen molar-refractivity contribution in [2.45, 2.75) is 53.4 Å². The van der Waals surface area contributed by atoms with Crippen LogP contribution in [0, 0.1) is 12.3 Å². The van der Waals surface area contributed by atoms with Gasteiger partial charge in [0.2, 0.25) is 0 Å². The Morgan fingerprint density at radius 3 is 2.66 bits per heavy atom. The summed E-state index contributed by atoms with van der Waals surface area (Å²) in [5.41, 5.74) is 5.03. The van der Waals surface area contributed by atoms with Crippen molar-refractivity contribution < 1.29 is 14.3 Å². The number of esters is 1. The molecule has 1 atom stereocenters. The second kappa shape index (κ2) is 8.78. The van der Waals surface area contributed by atoms with E-state index in [1.807, 2.05) is 38.1 Å². The lowest BCUT2D eigenvalue weighted by atomic mass is 9.68. The molecule has 1 aromatic rings. The van der Waals surface area contributed by atoms with Crippen molar-refractivity contribution in [3.05, 3.63) is 57.9 Å². The summed E-state index contributed by atoms with van der Waals surface area (Å²) in [7, 11) is 0. The van der Waals surface area contributed by atoms with E-state index in [4.69, 9.17) is 4.74 Å². The lowest BCUT2D eigenvalue weighted by molar-refractivity contribution is -0.138. The Labute approximate surface area is 178 Å². The molecule has 0 saturated carbocycles. The summed E-state index contributed by atoms with van der Waals surface area (Å²) in [5, 5.41) is 3.39. The first-order valence-electron chi connectivity index (χ1n) is 10.3. The number of aryl methyl sites for hydroxylation is 1. The first kappa shape index (κ1) is 21.7. The van der Waals surface area contributed by atoms with Gasteiger partial charge in [-0.3, -0.25) is 4.79 Å². The molecule has 0 aromatic heterocycles. The van der Waals surface area contributed by atoms with Gasteiger partial charge in [0.05, 0.1) is 5.57 Å². The third kappa shape index (κ3) is 4.61. The van der Waals surface area contributed by atoms with Crippen LogP contribution in [0.15, 0.2) is 46.8 Å². The number of Topliss-reactive ketones (excluding diaryl/α,β-unsaturated/α-hetero) is 1. The van der Waals surface area contributed by atoms with E-state index >= 15 is 0 Å². The molecule has 3 rings (SSSR count). The normalized spacial score (nSPS) is 21.0. The highest BCUT2D eigenvalue weighted by Crippen LogP contribution is 2.47. The Bertz CT molecular complexity index is 882. The summed E-state index contributed by atoms with van der Waals surface area (Å²) in [4.78, 5) is 26.3. The van der Waals surface area contributed by atoms with Crippen LogP contribution >= 0.6 is 11.8 Å². The van der Waals surface area contributed by atoms with Gasteiger partial charge in [-0.1, -0.05) is 45.0 Å². The average Bonchev–Trinajstić information content (AvgIpc) is 2.63. The highest BCUT2D eigenvalue weighted by atomic mass is 32.2. The Hall–Kier alpha value is -2.01. The molecule has 5 heteroatoms. The molecule has 0 fully saturated rings. The van der Waals surface area contributed by atoms with Gasteiger partial charge in [0, 0.05) is 35.1 Å². The van der Waals surface area contributed by atoms with Crippen LogP contribution in [-0.4, -0.2) is 29.9 Å². The van der Waals surface area contributed by atoms with Crippen molar-refractivity contribution in [3.63, 3.8) is 0 Å². The second-order valence-electron chi connectivity index (χ2n) is 8.62. The number of rotatable bonds is 6. The molecular formula is C24H31NO3S. The summed E-state index contributed by atoms with van der Waals surface area (Å²) < 4.78 is 5.61. The van der Waals surface area contributed by atoms with Crippen molar-refractivity contribution in [3.8, 4) is 0 Å². The molecule has 0 saturated heterocycles. The van der Waals surface area contributed by atoms with Crippen molar-refractivity contribution in [2.24, 2.45) is 5.41 Å². The topological polar surface area (TPSA) is 55.4 Å². The molecule has 1 aromatic carbocycles. The minimum absolute atomic E-state index is 0.0884. The zero-order valence-corrected chi connectivity index (χ0v) is 18.9. The standard InChI is InChI=1S/C24H31NO3S/c1-6-29-12-11-28-23(27)20-16(3)25-18-13-24(4,5)14-19(26)22(18)21(20)17-10-8-7-9-15(17)2/h7-10,21,25H,6,11-14H2,1-5H3/t21-/m0/s1. The number of carbonyl (C=O) groups excluding carboxylic acids is 2. The predicted octanol–water partition coefficient (Wildman–Crippen LogP) is 4.90. The van der Waals surface area contributed by atoms with Gasteiger partial charge in [-0.2, -0.15) is 11.8 Å². The number of nitrogens with one attached hydrogen (secondary N) is 1. The third-order valence-corrected chi connectivity index (χ3v) is 6.49. The van der Waals surface area contributed by atoms with Gasteiger partial charge < -0.3 is 10.1 Å². The maximum atomic E-state index is 13.2. The number of dihydropyridines is 1. The van der Waals surface area contributed by atoms with Crippen LogP contribution in [0.25, 0.3) is 0 Å². The smallest absolute Gasteiger partial charge is 0.336 e. The molecule has 156 valence electrons. The molecule has 1 heterocycles. The van der Waals surface area contributed by atoms with E-state index in [9.17, 15) is 9.59 Å². The van der Waals surface area contributed by atoms with E-state index < -0.39 is 0 Å². The molecule has 0 amide bonds. The van der Waals surface area contributed by atoms with Crippen LogP contribution in [-0.2, 0) is 14.3 Å². The largest absolute Gasteiger partial charge is 0.461 e. The van der Waals surface area contributed by atoms with Crippen LogP contribution in [0.3, 0.4) is 0 Å². The predicted molar refractivity (Wildman–Crippen MR) is 119 cm³/mol. The first-order chi connectivity index (χ1) is 13.7. The summed E-state index contributed by atoms with van der Waals surface area (Å²) >= 11 is 1.74. The molecule has 1 N–H and O–H groups in total. The fourth-order valence-electron chi connectivity index (χ4n) is 4.34. The Morgan fingerprint density at radius 1 is 1.24 bits per heavy atom. The average molecular weight is 414 g/mol. The zero-order chi connectivity index (χ0) is 21.2. The van der Waals surface area contributed by atoms with E-state index in [1.165, 1.54) is 0 Å². The van der Waals surface area contributed by atoms with Gasteiger partial charge in [-0.05, 0) is 42.6 Å². The minimum atomic E-state index is -0.373. The van der Waals surface area contributed by atoms with Gasteiger partial charge in [0.1, 0.15) is 6.61 Å². The van der Waals surface area contributed by atoms with Crippen molar-refractivity contribution >= 4 is 23.5 Å². The van der Waals surface area contributed by atoms with Gasteiger partial charge >= 0.3 is 5.97 Å². The molecule has 4 nitrogen and oxygen atoms in total. The second-order valence-corrected chi connectivity index (χ2v) is 10.0. The summed E-state index contributed by atoms with van der Waals surface area (Å²) in [6.07, 6.45) is 1.29. The third-order valence-electron chi connectivity index (χ3n) is 5.62. The van der Waals surface area contributed by atoms with E-state index in [0.717, 1.165) is 46.0 Å². The number of allylic oxidation sites excluding steroid dienone is 3. The number of benzene rings is 1. The molecule has 1 aliphatic heterocycles. The Balaban J connectivity index is 2.05. The van der Waals surface area contributed by atoms with Crippen molar-refractivity contribution in [1.82, 2.24) is 5.32 Å². The van der Waals surface area contributed by atoms with Crippen LogP contribution in [0.1, 0.15) is 57.6 Å². The molecule has 2 aliphatic rings. The van der Waals surface area contributed by atoms with E-state index in [0.29, 0.717) is 18.6 Å². The van der Waals surface area contributed by atoms with Crippen LogP contribution in [0.4, 0.5) is 0 Å². The van der Waals surface area contributed by atoms with Crippen molar-refractivity contribution in [2.75, 3.05) is 18.1 Å². The number of ether oxygens (including phenoxy) is 1. The highest BCUT2D eigenvalue weighted by molar-refractivity contribution is 7.99. The maximum absolute atomic E-state index is 13.2. The number of carbonyl (C=O) groups is 2.